The van der Waals surface area contributed by atoms with Crippen LogP contribution in [0.4, 0.5) is 13.2 Å². The molecule has 0 radical (unpaired) electrons. The zero-order valence-corrected chi connectivity index (χ0v) is 10.9. The normalized spacial score (nSPS) is 11.8. The zero-order valence-electron chi connectivity index (χ0n) is 10.9. The molecule has 7 heteroatoms. The van der Waals surface area contributed by atoms with Crippen molar-refractivity contribution in [2.24, 2.45) is 5.92 Å². The van der Waals surface area contributed by atoms with Gasteiger partial charge in [0.2, 0.25) is 5.82 Å². The number of halogens is 3. The number of hydrogen-bond donors (Lipinski definition) is 0. The van der Waals surface area contributed by atoms with Crippen LogP contribution in [0.25, 0.3) is 0 Å². The van der Waals surface area contributed by atoms with Crippen LogP contribution < -0.4 is 4.74 Å². The summed E-state index contributed by atoms with van der Waals surface area (Å²) in [5.41, 5.74) is 0. The van der Waals surface area contributed by atoms with E-state index in [1.165, 1.54) is 6.92 Å². The van der Waals surface area contributed by atoms with Gasteiger partial charge < -0.3 is 9.47 Å². The summed E-state index contributed by atoms with van der Waals surface area (Å²) in [5.74, 6) is -8.71. The lowest BCUT2D eigenvalue weighted by Crippen LogP contribution is -2.29. The maximum atomic E-state index is 13.3. The van der Waals surface area contributed by atoms with Gasteiger partial charge in [0, 0.05) is 0 Å². The highest BCUT2D eigenvalue weighted by atomic mass is 19.2. The van der Waals surface area contributed by atoms with E-state index in [2.05, 4.69) is 9.47 Å². The Kier molecular flexibility index (Phi) is 5.54. The standard InChI is InChI=1S/C13H13F3O4/c1-3-7(12(17)19-4-2)13(18)20-9-6-5-8(14)10(15)11(9)16/h5-7H,3-4H2,1-2H3. The van der Waals surface area contributed by atoms with Crippen molar-refractivity contribution in [2.45, 2.75) is 20.3 Å². The van der Waals surface area contributed by atoms with Gasteiger partial charge in [-0.3, -0.25) is 9.59 Å². The van der Waals surface area contributed by atoms with Crippen molar-refractivity contribution >= 4 is 11.9 Å². The van der Waals surface area contributed by atoms with Gasteiger partial charge in [0.05, 0.1) is 6.61 Å². The van der Waals surface area contributed by atoms with Gasteiger partial charge in [-0.25, -0.2) is 8.78 Å². The summed E-state index contributed by atoms with van der Waals surface area (Å²) in [6.07, 6.45) is 0.0724. The van der Waals surface area contributed by atoms with E-state index in [0.29, 0.717) is 6.07 Å². The molecule has 1 atom stereocenters. The fourth-order valence-corrected chi connectivity index (χ4v) is 1.44. The number of ether oxygens (including phenoxy) is 2. The molecule has 1 unspecified atom stereocenters. The second-order valence-electron chi connectivity index (χ2n) is 3.81. The minimum Gasteiger partial charge on any atom is -0.465 e. The Morgan fingerprint density at radius 1 is 1.10 bits per heavy atom. The highest BCUT2D eigenvalue weighted by Crippen LogP contribution is 2.23. The Labute approximate surface area is 113 Å². The van der Waals surface area contributed by atoms with E-state index in [4.69, 9.17) is 0 Å². The minimum absolute atomic E-state index is 0.0716. The predicted molar refractivity (Wildman–Crippen MR) is 62.4 cm³/mol. The van der Waals surface area contributed by atoms with E-state index in [0.717, 1.165) is 6.07 Å². The van der Waals surface area contributed by atoms with Crippen molar-refractivity contribution < 1.29 is 32.2 Å². The van der Waals surface area contributed by atoms with Gasteiger partial charge in [-0.1, -0.05) is 6.92 Å². The fraction of sp³-hybridized carbons (Fsp3) is 0.385. The molecule has 0 saturated heterocycles. The first-order chi connectivity index (χ1) is 9.42. The van der Waals surface area contributed by atoms with Crippen LogP contribution in [0.15, 0.2) is 12.1 Å². The monoisotopic (exact) mass is 290 g/mol. The molecule has 1 aromatic rings. The molecule has 0 fully saturated rings. The van der Waals surface area contributed by atoms with Crippen LogP contribution in [-0.2, 0) is 14.3 Å². The smallest absolute Gasteiger partial charge is 0.325 e. The number of carbonyl (C=O) groups is 2. The van der Waals surface area contributed by atoms with E-state index in [9.17, 15) is 22.8 Å². The summed E-state index contributed by atoms with van der Waals surface area (Å²) < 4.78 is 48.3. The van der Waals surface area contributed by atoms with Gasteiger partial charge in [-0.15, -0.1) is 0 Å². The van der Waals surface area contributed by atoms with Gasteiger partial charge in [-0.05, 0) is 25.5 Å². The molecule has 0 N–H and O–H groups in total. The molecular weight excluding hydrogens is 277 g/mol. The first-order valence-electron chi connectivity index (χ1n) is 5.94. The highest BCUT2D eigenvalue weighted by Gasteiger charge is 2.29. The largest absolute Gasteiger partial charge is 0.465 e. The molecule has 0 aliphatic rings. The van der Waals surface area contributed by atoms with E-state index < -0.39 is 41.1 Å². The molecule has 0 aromatic heterocycles. The van der Waals surface area contributed by atoms with Gasteiger partial charge in [-0.2, -0.15) is 4.39 Å². The Morgan fingerprint density at radius 3 is 2.30 bits per heavy atom. The van der Waals surface area contributed by atoms with Crippen LogP contribution in [-0.4, -0.2) is 18.5 Å². The summed E-state index contributed by atoms with van der Waals surface area (Å²) in [6.45, 7) is 3.16. The third-order valence-electron chi connectivity index (χ3n) is 2.47. The lowest BCUT2D eigenvalue weighted by atomic mass is 10.1. The minimum atomic E-state index is -1.75. The van der Waals surface area contributed by atoms with Crippen molar-refractivity contribution in [3.63, 3.8) is 0 Å². The molecular formula is C13H13F3O4. The van der Waals surface area contributed by atoms with Crippen molar-refractivity contribution in [3.05, 3.63) is 29.6 Å². The molecule has 0 heterocycles. The van der Waals surface area contributed by atoms with Gasteiger partial charge in [0.25, 0.3) is 0 Å². The zero-order chi connectivity index (χ0) is 15.3. The number of carbonyl (C=O) groups excluding carboxylic acids is 2. The van der Waals surface area contributed by atoms with Crippen molar-refractivity contribution in [1.29, 1.82) is 0 Å². The predicted octanol–water partition coefficient (Wildman–Crippen LogP) is 2.60. The van der Waals surface area contributed by atoms with E-state index in [-0.39, 0.29) is 13.0 Å². The van der Waals surface area contributed by atoms with Crippen LogP contribution in [0.3, 0.4) is 0 Å². The third kappa shape index (κ3) is 3.49. The second-order valence-corrected chi connectivity index (χ2v) is 3.81. The Hall–Kier alpha value is -2.05. The molecule has 0 aliphatic heterocycles. The number of rotatable bonds is 5. The molecule has 0 spiro atoms. The van der Waals surface area contributed by atoms with Crippen molar-refractivity contribution in [1.82, 2.24) is 0 Å². The van der Waals surface area contributed by atoms with Gasteiger partial charge in [0.15, 0.2) is 23.3 Å². The van der Waals surface area contributed by atoms with E-state index in [1.807, 2.05) is 0 Å². The Bertz CT molecular complexity index is 517. The molecule has 1 aromatic carbocycles. The van der Waals surface area contributed by atoms with Crippen LogP contribution in [0.2, 0.25) is 0 Å². The fourth-order valence-electron chi connectivity index (χ4n) is 1.44. The Balaban J connectivity index is 2.89. The summed E-state index contributed by atoms with van der Waals surface area (Å²) in [5, 5.41) is 0. The third-order valence-corrected chi connectivity index (χ3v) is 2.47. The molecule has 0 aliphatic carbocycles. The van der Waals surface area contributed by atoms with E-state index >= 15 is 0 Å². The molecule has 0 amide bonds. The topological polar surface area (TPSA) is 52.6 Å². The lowest BCUT2D eigenvalue weighted by Gasteiger charge is -2.13. The first-order valence-corrected chi connectivity index (χ1v) is 5.94. The summed E-state index contributed by atoms with van der Waals surface area (Å²) >= 11 is 0. The SMILES string of the molecule is CCOC(=O)C(CC)C(=O)Oc1ccc(F)c(F)c1F. The molecule has 110 valence electrons. The lowest BCUT2D eigenvalue weighted by molar-refractivity contribution is -0.157. The van der Waals surface area contributed by atoms with Gasteiger partial charge >= 0.3 is 11.9 Å². The summed E-state index contributed by atoms with van der Waals surface area (Å²) in [7, 11) is 0. The van der Waals surface area contributed by atoms with Gasteiger partial charge in [0.1, 0.15) is 0 Å². The maximum absolute atomic E-state index is 13.3. The average molecular weight is 290 g/mol. The van der Waals surface area contributed by atoms with Crippen molar-refractivity contribution in [2.75, 3.05) is 6.61 Å². The van der Waals surface area contributed by atoms with Crippen molar-refractivity contribution in [3.8, 4) is 5.75 Å². The summed E-state index contributed by atoms with van der Waals surface area (Å²) in [4.78, 5) is 23.2. The van der Waals surface area contributed by atoms with Crippen LogP contribution in [0.1, 0.15) is 20.3 Å². The van der Waals surface area contributed by atoms with Crippen LogP contribution >= 0.6 is 0 Å². The highest BCUT2D eigenvalue weighted by molar-refractivity contribution is 5.95. The second kappa shape index (κ2) is 6.93. The van der Waals surface area contributed by atoms with Crippen LogP contribution in [0, 0.1) is 23.4 Å². The summed E-state index contributed by atoms with van der Waals surface area (Å²) in [6, 6.07) is 1.38. The number of benzene rings is 1. The maximum Gasteiger partial charge on any atom is 0.325 e. The quantitative estimate of drug-likeness (QED) is 0.362. The first kappa shape index (κ1) is 16.0. The molecule has 1 rings (SSSR count). The molecule has 0 bridgehead atoms. The molecule has 20 heavy (non-hydrogen) atoms. The van der Waals surface area contributed by atoms with E-state index in [1.54, 1.807) is 6.92 Å². The average Bonchev–Trinajstić information content (AvgIpc) is 2.40. The molecule has 0 saturated carbocycles. The molecule has 4 nitrogen and oxygen atoms in total. The Morgan fingerprint density at radius 2 is 1.75 bits per heavy atom. The van der Waals surface area contributed by atoms with Crippen LogP contribution in [0.5, 0.6) is 5.75 Å². The number of esters is 2. The number of hydrogen-bond acceptors (Lipinski definition) is 4.